The summed E-state index contributed by atoms with van der Waals surface area (Å²) in [7, 11) is 3.13. The van der Waals surface area contributed by atoms with Crippen LogP contribution in [0.4, 0.5) is 4.39 Å². The largest absolute Gasteiger partial charge is 0.497 e. The molecule has 0 saturated heterocycles. The SMILES string of the molecule is CNC(=O)[C@H](C)N(Cc1ccc(F)cc1)C(=O)CCCOc1ccc(OC)cc1. The molecule has 1 atom stereocenters. The van der Waals surface area contributed by atoms with E-state index in [-0.39, 0.29) is 30.6 Å². The van der Waals surface area contributed by atoms with Crippen LogP contribution in [-0.4, -0.2) is 43.5 Å². The second kappa shape index (κ2) is 11.0. The Morgan fingerprint density at radius 3 is 2.28 bits per heavy atom. The maximum Gasteiger partial charge on any atom is 0.242 e. The molecular weight excluding hydrogens is 375 g/mol. The van der Waals surface area contributed by atoms with Gasteiger partial charge in [-0.15, -0.1) is 0 Å². The molecular formula is C22H27FN2O4. The number of hydrogen-bond donors (Lipinski definition) is 1. The minimum atomic E-state index is -0.639. The van der Waals surface area contributed by atoms with Crippen molar-refractivity contribution in [3.05, 3.63) is 59.9 Å². The standard InChI is InChI=1S/C22H27FN2O4/c1-16(22(27)24-2)25(15-17-6-8-18(23)9-7-17)21(26)5-4-14-29-20-12-10-19(28-3)11-13-20/h6-13,16H,4-5,14-15H2,1-3H3,(H,24,27)/t16-/m0/s1. The Hall–Kier alpha value is -3.09. The summed E-state index contributed by atoms with van der Waals surface area (Å²) in [5.74, 6) is 0.674. The third-order valence-electron chi connectivity index (χ3n) is 4.54. The lowest BCUT2D eigenvalue weighted by atomic mass is 10.1. The Labute approximate surface area is 170 Å². The van der Waals surface area contributed by atoms with Crippen molar-refractivity contribution >= 4 is 11.8 Å². The summed E-state index contributed by atoms with van der Waals surface area (Å²) in [5.41, 5.74) is 0.755. The quantitative estimate of drug-likeness (QED) is 0.620. The molecule has 0 spiro atoms. The lowest BCUT2D eigenvalue weighted by Gasteiger charge is -2.28. The summed E-state index contributed by atoms with van der Waals surface area (Å²) in [4.78, 5) is 26.3. The summed E-state index contributed by atoms with van der Waals surface area (Å²) in [5, 5.41) is 2.57. The highest BCUT2D eigenvalue weighted by Crippen LogP contribution is 2.18. The van der Waals surface area contributed by atoms with E-state index in [1.165, 1.54) is 24.1 Å². The van der Waals surface area contributed by atoms with Gasteiger partial charge in [0.15, 0.2) is 0 Å². The average molecular weight is 402 g/mol. The van der Waals surface area contributed by atoms with Gasteiger partial charge in [0.2, 0.25) is 11.8 Å². The zero-order valence-corrected chi connectivity index (χ0v) is 17.0. The van der Waals surface area contributed by atoms with Gasteiger partial charge in [0.05, 0.1) is 13.7 Å². The summed E-state index contributed by atoms with van der Waals surface area (Å²) in [6.45, 7) is 2.28. The molecule has 0 aromatic heterocycles. The third-order valence-corrected chi connectivity index (χ3v) is 4.54. The molecule has 7 heteroatoms. The molecule has 0 aliphatic carbocycles. The molecule has 0 fully saturated rings. The Kier molecular flexibility index (Phi) is 8.45. The molecule has 1 N–H and O–H groups in total. The summed E-state index contributed by atoms with van der Waals surface area (Å²) < 4.78 is 23.9. The number of likely N-dealkylation sites (N-methyl/N-ethyl adjacent to an activating group) is 1. The molecule has 6 nitrogen and oxygen atoms in total. The van der Waals surface area contributed by atoms with Gasteiger partial charge in [0.1, 0.15) is 23.4 Å². The zero-order chi connectivity index (χ0) is 21.2. The Bertz CT molecular complexity index is 793. The Morgan fingerprint density at radius 1 is 1.07 bits per heavy atom. The van der Waals surface area contributed by atoms with Gasteiger partial charge in [-0.3, -0.25) is 9.59 Å². The predicted molar refractivity (Wildman–Crippen MR) is 108 cm³/mol. The van der Waals surface area contributed by atoms with Gasteiger partial charge in [-0.1, -0.05) is 12.1 Å². The molecule has 156 valence electrons. The van der Waals surface area contributed by atoms with Gasteiger partial charge in [-0.25, -0.2) is 4.39 Å². The molecule has 29 heavy (non-hydrogen) atoms. The van der Waals surface area contributed by atoms with Gasteiger partial charge in [0.25, 0.3) is 0 Å². The number of nitrogens with one attached hydrogen (secondary N) is 1. The molecule has 2 rings (SSSR count). The maximum absolute atomic E-state index is 13.1. The number of benzene rings is 2. The van der Waals surface area contributed by atoms with E-state index in [9.17, 15) is 14.0 Å². The van der Waals surface area contributed by atoms with E-state index in [0.29, 0.717) is 18.8 Å². The number of nitrogens with zero attached hydrogens (tertiary/aromatic N) is 1. The summed E-state index contributed by atoms with van der Waals surface area (Å²) in [6.07, 6.45) is 0.740. The number of carbonyl (C=O) groups is 2. The molecule has 2 aromatic rings. The lowest BCUT2D eigenvalue weighted by molar-refractivity contribution is -0.140. The van der Waals surface area contributed by atoms with Crippen LogP contribution in [0.5, 0.6) is 11.5 Å². The van der Waals surface area contributed by atoms with Crippen molar-refractivity contribution in [1.82, 2.24) is 10.2 Å². The second-order valence-corrected chi connectivity index (χ2v) is 6.57. The van der Waals surface area contributed by atoms with Gasteiger partial charge in [-0.05, 0) is 55.3 Å². The fourth-order valence-electron chi connectivity index (χ4n) is 2.81. The second-order valence-electron chi connectivity index (χ2n) is 6.57. The molecule has 0 bridgehead atoms. The monoisotopic (exact) mass is 402 g/mol. The maximum atomic E-state index is 13.1. The first kappa shape index (κ1) is 22.2. The fourth-order valence-corrected chi connectivity index (χ4v) is 2.81. The van der Waals surface area contributed by atoms with Crippen LogP contribution >= 0.6 is 0 Å². The number of ether oxygens (including phenoxy) is 2. The highest BCUT2D eigenvalue weighted by Gasteiger charge is 2.25. The topological polar surface area (TPSA) is 67.9 Å². The van der Waals surface area contributed by atoms with Crippen LogP contribution in [0.25, 0.3) is 0 Å². The van der Waals surface area contributed by atoms with Gasteiger partial charge < -0.3 is 19.7 Å². The molecule has 0 unspecified atom stereocenters. The first-order valence-electron chi connectivity index (χ1n) is 9.47. The molecule has 0 saturated carbocycles. The van der Waals surface area contributed by atoms with E-state index in [0.717, 1.165) is 11.3 Å². The van der Waals surface area contributed by atoms with Gasteiger partial charge in [-0.2, -0.15) is 0 Å². The molecule has 2 aromatic carbocycles. The molecule has 0 radical (unpaired) electrons. The van der Waals surface area contributed by atoms with E-state index < -0.39 is 6.04 Å². The van der Waals surface area contributed by atoms with Crippen molar-refractivity contribution in [2.24, 2.45) is 0 Å². The van der Waals surface area contributed by atoms with E-state index in [1.807, 2.05) is 0 Å². The van der Waals surface area contributed by atoms with Crippen molar-refractivity contribution < 1.29 is 23.5 Å². The molecule has 0 aliphatic rings. The van der Waals surface area contributed by atoms with Crippen LogP contribution in [0.3, 0.4) is 0 Å². The lowest BCUT2D eigenvalue weighted by Crippen LogP contribution is -2.46. The molecule has 0 heterocycles. The Morgan fingerprint density at radius 2 is 1.69 bits per heavy atom. The average Bonchev–Trinajstić information content (AvgIpc) is 2.75. The third kappa shape index (κ3) is 6.78. The van der Waals surface area contributed by atoms with Crippen molar-refractivity contribution in [1.29, 1.82) is 0 Å². The van der Waals surface area contributed by atoms with Crippen LogP contribution in [0, 0.1) is 5.82 Å². The normalized spacial score (nSPS) is 11.4. The van der Waals surface area contributed by atoms with Crippen molar-refractivity contribution in [2.45, 2.75) is 32.4 Å². The zero-order valence-electron chi connectivity index (χ0n) is 17.0. The number of rotatable bonds is 10. The van der Waals surface area contributed by atoms with E-state index in [1.54, 1.807) is 50.4 Å². The van der Waals surface area contributed by atoms with Gasteiger partial charge in [0, 0.05) is 20.0 Å². The first-order chi connectivity index (χ1) is 13.9. The van der Waals surface area contributed by atoms with Crippen molar-refractivity contribution in [3.8, 4) is 11.5 Å². The number of halogens is 1. The van der Waals surface area contributed by atoms with Crippen LogP contribution in [0.15, 0.2) is 48.5 Å². The van der Waals surface area contributed by atoms with Crippen molar-refractivity contribution in [3.63, 3.8) is 0 Å². The highest BCUT2D eigenvalue weighted by atomic mass is 19.1. The smallest absolute Gasteiger partial charge is 0.242 e. The molecule has 2 amide bonds. The minimum Gasteiger partial charge on any atom is -0.497 e. The van der Waals surface area contributed by atoms with Crippen LogP contribution < -0.4 is 14.8 Å². The Balaban J connectivity index is 1.93. The number of methoxy groups -OCH3 is 1. The fraction of sp³-hybridized carbons (Fsp3) is 0.364. The first-order valence-corrected chi connectivity index (χ1v) is 9.47. The minimum absolute atomic E-state index is 0.163. The number of hydrogen-bond acceptors (Lipinski definition) is 4. The van der Waals surface area contributed by atoms with E-state index >= 15 is 0 Å². The van der Waals surface area contributed by atoms with Crippen molar-refractivity contribution in [2.75, 3.05) is 20.8 Å². The van der Waals surface area contributed by atoms with Crippen LogP contribution in [0.2, 0.25) is 0 Å². The molecule has 0 aliphatic heterocycles. The summed E-state index contributed by atoms with van der Waals surface area (Å²) in [6, 6.07) is 12.5. The van der Waals surface area contributed by atoms with E-state index in [2.05, 4.69) is 5.32 Å². The number of carbonyl (C=O) groups excluding carboxylic acids is 2. The van der Waals surface area contributed by atoms with Crippen LogP contribution in [-0.2, 0) is 16.1 Å². The predicted octanol–water partition coefficient (Wildman–Crippen LogP) is 3.16. The number of amides is 2. The summed E-state index contributed by atoms with van der Waals surface area (Å²) >= 11 is 0. The van der Waals surface area contributed by atoms with Crippen LogP contribution in [0.1, 0.15) is 25.3 Å². The highest BCUT2D eigenvalue weighted by molar-refractivity contribution is 5.87. The van der Waals surface area contributed by atoms with E-state index in [4.69, 9.17) is 9.47 Å². The van der Waals surface area contributed by atoms with Gasteiger partial charge >= 0.3 is 0 Å².